The van der Waals surface area contributed by atoms with Gasteiger partial charge in [-0.25, -0.2) is 0 Å². The lowest BCUT2D eigenvalue weighted by Crippen LogP contribution is -2.56. The average Bonchev–Trinajstić information content (AvgIpc) is 2.99. The number of methoxy groups -OCH3 is 1. The lowest BCUT2D eigenvalue weighted by molar-refractivity contribution is -0.123. The van der Waals surface area contributed by atoms with Gasteiger partial charge in [-0.2, -0.15) is 0 Å². The van der Waals surface area contributed by atoms with Crippen LogP contribution in [0.15, 0.2) is 24.3 Å². The number of hydrogen-bond donors (Lipinski definition) is 1. The van der Waals surface area contributed by atoms with E-state index in [0.717, 1.165) is 12.8 Å². The van der Waals surface area contributed by atoms with Gasteiger partial charge in [0.25, 0.3) is 5.91 Å². The highest BCUT2D eigenvalue weighted by Crippen LogP contribution is 2.36. The molecule has 1 N–H and O–H groups in total. The van der Waals surface area contributed by atoms with Gasteiger partial charge in [0.05, 0.1) is 18.3 Å². The van der Waals surface area contributed by atoms with E-state index in [0.29, 0.717) is 37.4 Å². The standard InChI is InChI=1S/C16H21NO4/c1-20-13-6-3-2-5-12(13)15(19)17-9-8-16(14(18)11-17)7-4-10-21-16/h2-3,5-6,14,18H,4,7-11H2,1H3/t14-,16-/m0/s1. The Morgan fingerprint density at radius 1 is 1.43 bits per heavy atom. The van der Waals surface area contributed by atoms with Crippen LogP contribution in [0.3, 0.4) is 0 Å². The van der Waals surface area contributed by atoms with Crippen LogP contribution in [0, 0.1) is 0 Å². The number of piperidine rings is 1. The molecule has 0 saturated carbocycles. The first-order valence-electron chi connectivity index (χ1n) is 7.40. The number of hydrogen-bond acceptors (Lipinski definition) is 4. The van der Waals surface area contributed by atoms with Crippen molar-refractivity contribution in [3.8, 4) is 5.75 Å². The molecule has 0 radical (unpaired) electrons. The summed E-state index contributed by atoms with van der Waals surface area (Å²) in [6, 6.07) is 7.18. The van der Waals surface area contributed by atoms with Gasteiger partial charge in [0.15, 0.2) is 0 Å². The molecule has 2 saturated heterocycles. The van der Waals surface area contributed by atoms with Crippen molar-refractivity contribution in [3.05, 3.63) is 29.8 Å². The Bertz CT molecular complexity index is 525. The van der Waals surface area contributed by atoms with Crippen LogP contribution in [0.25, 0.3) is 0 Å². The number of ether oxygens (including phenoxy) is 2. The minimum Gasteiger partial charge on any atom is -0.496 e. The number of nitrogens with zero attached hydrogens (tertiary/aromatic N) is 1. The van der Waals surface area contributed by atoms with Gasteiger partial charge in [-0.05, 0) is 31.4 Å². The van der Waals surface area contributed by atoms with E-state index >= 15 is 0 Å². The fraction of sp³-hybridized carbons (Fsp3) is 0.562. The van der Waals surface area contributed by atoms with Gasteiger partial charge in [-0.1, -0.05) is 12.1 Å². The Morgan fingerprint density at radius 3 is 2.90 bits per heavy atom. The molecule has 2 atom stereocenters. The summed E-state index contributed by atoms with van der Waals surface area (Å²) in [4.78, 5) is 14.3. The maximum absolute atomic E-state index is 12.6. The molecule has 1 spiro atoms. The normalized spacial score (nSPS) is 28.9. The third-order valence-corrected chi connectivity index (χ3v) is 4.56. The first-order valence-corrected chi connectivity index (χ1v) is 7.40. The third-order valence-electron chi connectivity index (χ3n) is 4.56. The van der Waals surface area contributed by atoms with Crippen LogP contribution in [0.5, 0.6) is 5.75 Å². The van der Waals surface area contributed by atoms with Crippen molar-refractivity contribution in [2.45, 2.75) is 31.0 Å². The quantitative estimate of drug-likeness (QED) is 0.896. The third kappa shape index (κ3) is 2.51. The maximum atomic E-state index is 12.6. The number of β-amino-alcohol motifs (C(OH)–C–C–N with tert-alkyl or cyclic N) is 1. The molecule has 1 amide bonds. The summed E-state index contributed by atoms with van der Waals surface area (Å²) in [6.07, 6.45) is 1.93. The van der Waals surface area contributed by atoms with Crippen molar-refractivity contribution in [2.75, 3.05) is 26.8 Å². The molecule has 2 heterocycles. The van der Waals surface area contributed by atoms with E-state index in [1.165, 1.54) is 0 Å². The van der Waals surface area contributed by atoms with Crippen LogP contribution < -0.4 is 4.74 Å². The summed E-state index contributed by atoms with van der Waals surface area (Å²) in [6.45, 7) is 1.63. The Kier molecular flexibility index (Phi) is 3.87. The molecule has 2 aliphatic rings. The molecule has 114 valence electrons. The molecule has 5 nitrogen and oxygen atoms in total. The number of aliphatic hydroxyl groups excluding tert-OH is 1. The predicted octanol–water partition coefficient (Wildman–Crippen LogP) is 1.45. The molecule has 1 aromatic carbocycles. The summed E-state index contributed by atoms with van der Waals surface area (Å²) in [7, 11) is 1.55. The minimum absolute atomic E-state index is 0.0978. The summed E-state index contributed by atoms with van der Waals surface area (Å²) < 4.78 is 11.0. The Labute approximate surface area is 124 Å². The van der Waals surface area contributed by atoms with E-state index in [-0.39, 0.29) is 5.91 Å². The largest absolute Gasteiger partial charge is 0.496 e. The fourth-order valence-corrected chi connectivity index (χ4v) is 3.31. The molecule has 0 aliphatic carbocycles. The lowest BCUT2D eigenvalue weighted by atomic mass is 9.86. The highest BCUT2D eigenvalue weighted by atomic mass is 16.5. The molecule has 0 unspecified atom stereocenters. The summed E-state index contributed by atoms with van der Waals surface area (Å²) in [5.74, 6) is 0.466. The van der Waals surface area contributed by atoms with Gasteiger partial charge in [-0.3, -0.25) is 4.79 Å². The highest BCUT2D eigenvalue weighted by molar-refractivity contribution is 5.97. The van der Waals surface area contributed by atoms with Gasteiger partial charge in [0, 0.05) is 19.7 Å². The Balaban J connectivity index is 1.75. The molecule has 1 aromatic rings. The van der Waals surface area contributed by atoms with Gasteiger partial charge < -0.3 is 19.5 Å². The van der Waals surface area contributed by atoms with Gasteiger partial charge in [0.1, 0.15) is 11.9 Å². The van der Waals surface area contributed by atoms with Crippen molar-refractivity contribution in [2.24, 2.45) is 0 Å². The molecule has 3 rings (SSSR count). The van der Waals surface area contributed by atoms with E-state index < -0.39 is 11.7 Å². The number of likely N-dealkylation sites (tertiary alicyclic amines) is 1. The van der Waals surface area contributed by atoms with Crippen LogP contribution in [0.2, 0.25) is 0 Å². The zero-order chi connectivity index (χ0) is 14.9. The molecule has 2 aliphatic heterocycles. The zero-order valence-electron chi connectivity index (χ0n) is 12.2. The van der Waals surface area contributed by atoms with Crippen LogP contribution in [0.1, 0.15) is 29.6 Å². The number of aliphatic hydroxyl groups is 1. The number of carbonyl (C=O) groups is 1. The van der Waals surface area contributed by atoms with Crippen LogP contribution in [0.4, 0.5) is 0 Å². The highest BCUT2D eigenvalue weighted by Gasteiger charge is 2.46. The molecule has 21 heavy (non-hydrogen) atoms. The van der Waals surface area contributed by atoms with Crippen molar-refractivity contribution < 1.29 is 19.4 Å². The van der Waals surface area contributed by atoms with Gasteiger partial charge in [-0.15, -0.1) is 0 Å². The predicted molar refractivity (Wildman–Crippen MR) is 77.4 cm³/mol. The number of benzene rings is 1. The van der Waals surface area contributed by atoms with Crippen molar-refractivity contribution in [1.82, 2.24) is 4.90 Å². The van der Waals surface area contributed by atoms with Crippen molar-refractivity contribution in [3.63, 3.8) is 0 Å². The van der Waals surface area contributed by atoms with Crippen LogP contribution in [-0.2, 0) is 4.74 Å². The topological polar surface area (TPSA) is 59.0 Å². The molecule has 5 heteroatoms. The maximum Gasteiger partial charge on any atom is 0.257 e. The summed E-state index contributed by atoms with van der Waals surface area (Å²) >= 11 is 0. The van der Waals surface area contributed by atoms with E-state index in [2.05, 4.69) is 0 Å². The molecule has 0 aromatic heterocycles. The second kappa shape index (κ2) is 5.66. The average molecular weight is 291 g/mol. The lowest BCUT2D eigenvalue weighted by Gasteiger charge is -2.42. The summed E-state index contributed by atoms with van der Waals surface area (Å²) in [5.41, 5.74) is 0.105. The number of para-hydroxylation sites is 1. The van der Waals surface area contributed by atoms with Crippen molar-refractivity contribution in [1.29, 1.82) is 0 Å². The zero-order valence-corrected chi connectivity index (χ0v) is 12.2. The molecular weight excluding hydrogens is 270 g/mol. The van der Waals surface area contributed by atoms with E-state index in [1.54, 1.807) is 24.1 Å². The van der Waals surface area contributed by atoms with Crippen molar-refractivity contribution >= 4 is 5.91 Å². The molecular formula is C16H21NO4. The van der Waals surface area contributed by atoms with Crippen LogP contribution >= 0.6 is 0 Å². The SMILES string of the molecule is COc1ccccc1C(=O)N1CC[C@@]2(CCCO2)[C@@H](O)C1. The van der Waals surface area contributed by atoms with E-state index in [1.807, 2.05) is 12.1 Å². The first kappa shape index (κ1) is 14.4. The number of carbonyl (C=O) groups excluding carboxylic acids is 1. The van der Waals surface area contributed by atoms with Gasteiger partial charge >= 0.3 is 0 Å². The summed E-state index contributed by atoms with van der Waals surface area (Å²) in [5, 5.41) is 10.4. The second-order valence-corrected chi connectivity index (χ2v) is 5.73. The number of amides is 1. The Hall–Kier alpha value is -1.59. The monoisotopic (exact) mass is 291 g/mol. The fourth-order valence-electron chi connectivity index (χ4n) is 3.31. The van der Waals surface area contributed by atoms with E-state index in [4.69, 9.17) is 9.47 Å². The minimum atomic E-state index is -0.618. The van der Waals surface area contributed by atoms with Gasteiger partial charge in [0.2, 0.25) is 0 Å². The van der Waals surface area contributed by atoms with E-state index in [9.17, 15) is 9.90 Å². The molecule has 0 bridgehead atoms. The van der Waals surface area contributed by atoms with Crippen LogP contribution in [-0.4, -0.2) is 54.4 Å². The molecule has 2 fully saturated rings. The Morgan fingerprint density at radius 2 is 2.24 bits per heavy atom. The number of rotatable bonds is 2. The smallest absolute Gasteiger partial charge is 0.257 e. The first-order chi connectivity index (χ1) is 10.2. The second-order valence-electron chi connectivity index (χ2n) is 5.73.